The standard InChI is InChI=1S/C10H21N3O2/c1-10(2,4-5-11)13-9(14)12-8-3-6-15-7-8/h8H,3-7,11H2,1-2H3,(H2,12,13,14). The molecule has 5 heteroatoms. The fraction of sp³-hybridized carbons (Fsp3) is 0.900. The highest BCUT2D eigenvalue weighted by molar-refractivity contribution is 5.75. The molecular formula is C10H21N3O2. The maximum Gasteiger partial charge on any atom is 0.315 e. The topological polar surface area (TPSA) is 76.4 Å². The zero-order valence-electron chi connectivity index (χ0n) is 9.51. The number of hydrogen-bond donors (Lipinski definition) is 3. The van der Waals surface area contributed by atoms with E-state index in [1.165, 1.54) is 0 Å². The summed E-state index contributed by atoms with van der Waals surface area (Å²) < 4.78 is 5.17. The Bertz CT molecular complexity index is 213. The van der Waals surface area contributed by atoms with Crippen LogP contribution in [0.5, 0.6) is 0 Å². The van der Waals surface area contributed by atoms with Gasteiger partial charge < -0.3 is 21.1 Å². The highest BCUT2D eigenvalue weighted by Crippen LogP contribution is 2.07. The van der Waals surface area contributed by atoms with Gasteiger partial charge in [-0.15, -0.1) is 0 Å². The van der Waals surface area contributed by atoms with Crippen LogP contribution in [0.15, 0.2) is 0 Å². The highest BCUT2D eigenvalue weighted by Gasteiger charge is 2.22. The molecule has 5 nitrogen and oxygen atoms in total. The summed E-state index contributed by atoms with van der Waals surface area (Å²) in [6, 6.07) is 0.0163. The lowest BCUT2D eigenvalue weighted by atomic mass is 10.0. The molecule has 4 N–H and O–H groups in total. The molecule has 1 aliphatic heterocycles. The average molecular weight is 215 g/mol. The molecule has 0 spiro atoms. The SMILES string of the molecule is CC(C)(CCN)NC(=O)NC1CCOC1. The lowest BCUT2D eigenvalue weighted by Crippen LogP contribution is -2.51. The molecule has 88 valence electrons. The molecule has 0 aromatic rings. The first kappa shape index (κ1) is 12.3. The van der Waals surface area contributed by atoms with E-state index < -0.39 is 0 Å². The van der Waals surface area contributed by atoms with Crippen LogP contribution in [-0.2, 0) is 4.74 Å². The highest BCUT2D eigenvalue weighted by atomic mass is 16.5. The van der Waals surface area contributed by atoms with Gasteiger partial charge in [-0.1, -0.05) is 0 Å². The largest absolute Gasteiger partial charge is 0.379 e. The number of urea groups is 1. The van der Waals surface area contributed by atoms with Crippen molar-refractivity contribution in [3.63, 3.8) is 0 Å². The first-order valence-corrected chi connectivity index (χ1v) is 5.40. The summed E-state index contributed by atoms with van der Waals surface area (Å²) in [6.45, 7) is 5.84. The summed E-state index contributed by atoms with van der Waals surface area (Å²) in [5, 5.41) is 5.78. The number of carbonyl (C=O) groups is 1. The number of ether oxygens (including phenoxy) is 1. The Morgan fingerprint density at radius 2 is 2.33 bits per heavy atom. The predicted octanol–water partition coefficient (Wildman–Crippen LogP) is 0.202. The third kappa shape index (κ3) is 4.48. The smallest absolute Gasteiger partial charge is 0.315 e. The van der Waals surface area contributed by atoms with Gasteiger partial charge in [-0.3, -0.25) is 0 Å². The lowest BCUT2D eigenvalue weighted by Gasteiger charge is -2.26. The van der Waals surface area contributed by atoms with E-state index in [1.54, 1.807) is 0 Å². The van der Waals surface area contributed by atoms with Gasteiger partial charge in [0.2, 0.25) is 0 Å². The van der Waals surface area contributed by atoms with Crippen molar-refractivity contribution < 1.29 is 9.53 Å². The molecule has 1 heterocycles. The number of rotatable bonds is 4. The van der Waals surface area contributed by atoms with Gasteiger partial charge in [0, 0.05) is 12.1 Å². The second-order valence-electron chi connectivity index (χ2n) is 4.58. The minimum Gasteiger partial charge on any atom is -0.379 e. The van der Waals surface area contributed by atoms with Gasteiger partial charge in [-0.2, -0.15) is 0 Å². The maximum absolute atomic E-state index is 11.6. The Hall–Kier alpha value is -0.810. The third-order valence-corrected chi connectivity index (χ3v) is 2.49. The summed E-state index contributed by atoms with van der Waals surface area (Å²) in [4.78, 5) is 11.6. The zero-order valence-corrected chi connectivity index (χ0v) is 9.51. The quantitative estimate of drug-likeness (QED) is 0.627. The molecular weight excluding hydrogens is 194 g/mol. The van der Waals surface area contributed by atoms with Gasteiger partial charge in [0.15, 0.2) is 0 Å². The van der Waals surface area contributed by atoms with E-state index in [2.05, 4.69) is 10.6 Å². The summed E-state index contributed by atoms with van der Waals surface area (Å²) in [5.41, 5.74) is 5.21. The monoisotopic (exact) mass is 215 g/mol. The molecule has 15 heavy (non-hydrogen) atoms. The van der Waals surface area contributed by atoms with E-state index in [1.807, 2.05) is 13.8 Å². The molecule has 0 aromatic carbocycles. The van der Waals surface area contributed by atoms with Crippen LogP contribution in [0.3, 0.4) is 0 Å². The van der Waals surface area contributed by atoms with Crippen LogP contribution in [0, 0.1) is 0 Å². The minimum absolute atomic E-state index is 0.135. The number of amides is 2. The van der Waals surface area contributed by atoms with Crippen molar-refractivity contribution in [1.29, 1.82) is 0 Å². The predicted molar refractivity (Wildman–Crippen MR) is 58.6 cm³/mol. The Morgan fingerprint density at radius 1 is 1.60 bits per heavy atom. The molecule has 1 aliphatic rings. The van der Waals surface area contributed by atoms with E-state index in [0.29, 0.717) is 13.2 Å². The van der Waals surface area contributed by atoms with Crippen molar-refractivity contribution in [3.05, 3.63) is 0 Å². The first-order chi connectivity index (χ1) is 7.03. The number of nitrogens with one attached hydrogen (secondary N) is 2. The fourth-order valence-corrected chi connectivity index (χ4v) is 1.60. The average Bonchev–Trinajstić information content (AvgIpc) is 2.54. The molecule has 1 atom stereocenters. The van der Waals surface area contributed by atoms with E-state index in [4.69, 9.17) is 10.5 Å². The molecule has 1 fully saturated rings. The van der Waals surface area contributed by atoms with Crippen LogP contribution in [0.25, 0.3) is 0 Å². The van der Waals surface area contributed by atoms with Crippen LogP contribution in [0.2, 0.25) is 0 Å². The molecule has 0 radical (unpaired) electrons. The maximum atomic E-state index is 11.6. The zero-order chi connectivity index (χ0) is 11.3. The Balaban J connectivity index is 2.27. The van der Waals surface area contributed by atoms with Crippen molar-refractivity contribution in [2.45, 2.75) is 38.3 Å². The van der Waals surface area contributed by atoms with Crippen molar-refractivity contribution in [1.82, 2.24) is 10.6 Å². The first-order valence-electron chi connectivity index (χ1n) is 5.40. The van der Waals surface area contributed by atoms with Gasteiger partial charge >= 0.3 is 6.03 Å². The second kappa shape index (κ2) is 5.32. The number of carbonyl (C=O) groups excluding carboxylic acids is 1. The fourth-order valence-electron chi connectivity index (χ4n) is 1.60. The second-order valence-corrected chi connectivity index (χ2v) is 4.58. The summed E-state index contributed by atoms with van der Waals surface area (Å²) in [7, 11) is 0. The van der Waals surface area contributed by atoms with E-state index in [0.717, 1.165) is 19.4 Å². The Kier molecular flexibility index (Phi) is 4.35. The van der Waals surface area contributed by atoms with Gasteiger partial charge in [0.25, 0.3) is 0 Å². The third-order valence-electron chi connectivity index (χ3n) is 2.49. The molecule has 0 aliphatic carbocycles. The molecule has 0 bridgehead atoms. The van der Waals surface area contributed by atoms with E-state index in [-0.39, 0.29) is 17.6 Å². The van der Waals surface area contributed by atoms with Crippen molar-refractivity contribution in [3.8, 4) is 0 Å². The Morgan fingerprint density at radius 3 is 2.87 bits per heavy atom. The number of hydrogen-bond acceptors (Lipinski definition) is 3. The van der Waals surface area contributed by atoms with E-state index >= 15 is 0 Å². The van der Waals surface area contributed by atoms with Crippen LogP contribution >= 0.6 is 0 Å². The molecule has 0 saturated carbocycles. The molecule has 1 unspecified atom stereocenters. The van der Waals surface area contributed by atoms with Crippen molar-refractivity contribution in [2.24, 2.45) is 5.73 Å². The van der Waals surface area contributed by atoms with Gasteiger partial charge in [0.05, 0.1) is 12.6 Å². The minimum atomic E-state index is -0.252. The van der Waals surface area contributed by atoms with Crippen LogP contribution in [0.1, 0.15) is 26.7 Å². The summed E-state index contributed by atoms with van der Waals surface area (Å²) >= 11 is 0. The van der Waals surface area contributed by atoms with Crippen molar-refractivity contribution in [2.75, 3.05) is 19.8 Å². The van der Waals surface area contributed by atoms with Gasteiger partial charge in [-0.25, -0.2) is 4.79 Å². The normalized spacial score (nSPS) is 21.4. The van der Waals surface area contributed by atoms with Gasteiger partial charge in [0.1, 0.15) is 0 Å². The van der Waals surface area contributed by atoms with Gasteiger partial charge in [-0.05, 0) is 33.2 Å². The summed E-state index contributed by atoms with van der Waals surface area (Å²) in [5.74, 6) is 0. The van der Waals surface area contributed by atoms with Crippen LogP contribution < -0.4 is 16.4 Å². The molecule has 1 saturated heterocycles. The molecule has 0 aromatic heterocycles. The van der Waals surface area contributed by atoms with E-state index in [9.17, 15) is 4.79 Å². The molecule has 2 amide bonds. The van der Waals surface area contributed by atoms with Crippen molar-refractivity contribution >= 4 is 6.03 Å². The Labute approximate surface area is 90.7 Å². The molecule has 1 rings (SSSR count). The van der Waals surface area contributed by atoms with Crippen LogP contribution in [0.4, 0.5) is 4.79 Å². The number of nitrogens with two attached hydrogens (primary N) is 1. The lowest BCUT2D eigenvalue weighted by molar-refractivity contribution is 0.187. The van der Waals surface area contributed by atoms with Crippen LogP contribution in [-0.4, -0.2) is 37.4 Å². The summed E-state index contributed by atoms with van der Waals surface area (Å²) in [6.07, 6.45) is 1.66.